The number of nitrogens with one attached hydrogen (secondary N) is 1. The number of hydrogen-bond donors (Lipinski definition) is 1. The molecule has 1 amide bonds. The zero-order valence-corrected chi connectivity index (χ0v) is 15.3. The Morgan fingerprint density at radius 2 is 1.89 bits per heavy atom. The van der Waals surface area contributed by atoms with Crippen LogP contribution in [-0.4, -0.2) is 29.2 Å². The van der Waals surface area contributed by atoms with E-state index in [4.69, 9.17) is 4.42 Å². The van der Waals surface area contributed by atoms with Crippen molar-refractivity contribution in [3.8, 4) is 11.3 Å². The van der Waals surface area contributed by atoms with Crippen molar-refractivity contribution < 1.29 is 13.6 Å². The van der Waals surface area contributed by atoms with Gasteiger partial charge in [0.1, 0.15) is 11.6 Å². The van der Waals surface area contributed by atoms with E-state index in [0.29, 0.717) is 12.2 Å². The van der Waals surface area contributed by atoms with Crippen molar-refractivity contribution in [3.05, 3.63) is 66.4 Å². The second-order valence-corrected chi connectivity index (χ2v) is 6.84. The predicted octanol–water partition coefficient (Wildman–Crippen LogP) is 3.41. The molecule has 0 saturated carbocycles. The minimum Gasteiger partial charge on any atom is -0.467 e. The maximum absolute atomic E-state index is 13.0. The summed E-state index contributed by atoms with van der Waals surface area (Å²) in [4.78, 5) is 14.5. The Bertz CT molecular complexity index is 903. The third-order valence-corrected chi connectivity index (χ3v) is 5.00. The van der Waals surface area contributed by atoms with E-state index in [0.717, 1.165) is 43.1 Å². The molecule has 2 aromatic heterocycles. The first-order valence-electron chi connectivity index (χ1n) is 9.34. The van der Waals surface area contributed by atoms with Gasteiger partial charge in [-0.15, -0.1) is 10.2 Å². The van der Waals surface area contributed by atoms with Gasteiger partial charge in [0.05, 0.1) is 18.5 Å². The van der Waals surface area contributed by atoms with Crippen LogP contribution in [0.4, 0.5) is 10.2 Å². The van der Waals surface area contributed by atoms with Gasteiger partial charge in [0.25, 0.3) is 0 Å². The number of furan rings is 1. The maximum atomic E-state index is 13.0. The number of benzene rings is 1. The van der Waals surface area contributed by atoms with Crippen molar-refractivity contribution in [2.24, 2.45) is 5.92 Å². The molecule has 4 rings (SSSR count). The minimum atomic E-state index is -0.274. The van der Waals surface area contributed by atoms with E-state index in [2.05, 4.69) is 20.4 Å². The van der Waals surface area contributed by atoms with Gasteiger partial charge in [-0.1, -0.05) is 0 Å². The summed E-state index contributed by atoms with van der Waals surface area (Å²) in [5.41, 5.74) is 1.53. The standard InChI is InChI=1S/C21H21FN4O2/c22-17-5-3-15(4-6-17)19-7-8-20(25-24-19)26-11-9-16(10-12-26)21(27)23-14-18-2-1-13-28-18/h1-8,13,16H,9-12,14H2,(H,23,27). The number of carbonyl (C=O) groups excluding carboxylic acids is 1. The van der Waals surface area contributed by atoms with E-state index in [1.165, 1.54) is 12.1 Å². The molecule has 28 heavy (non-hydrogen) atoms. The number of halogens is 1. The van der Waals surface area contributed by atoms with Crippen LogP contribution >= 0.6 is 0 Å². The Morgan fingerprint density at radius 1 is 1.11 bits per heavy atom. The number of piperidine rings is 1. The largest absolute Gasteiger partial charge is 0.467 e. The first kappa shape index (κ1) is 18.2. The quantitative estimate of drug-likeness (QED) is 0.734. The fourth-order valence-electron chi connectivity index (χ4n) is 3.37. The highest BCUT2D eigenvalue weighted by Gasteiger charge is 2.25. The number of amides is 1. The van der Waals surface area contributed by atoms with Gasteiger partial charge in [-0.25, -0.2) is 4.39 Å². The van der Waals surface area contributed by atoms with Crippen molar-refractivity contribution >= 4 is 11.7 Å². The molecular weight excluding hydrogens is 359 g/mol. The third-order valence-electron chi connectivity index (χ3n) is 5.00. The van der Waals surface area contributed by atoms with Gasteiger partial charge >= 0.3 is 0 Å². The SMILES string of the molecule is O=C(NCc1ccco1)C1CCN(c2ccc(-c3ccc(F)cc3)nn2)CC1. The predicted molar refractivity (Wildman–Crippen MR) is 103 cm³/mol. The molecule has 0 unspecified atom stereocenters. The first-order valence-corrected chi connectivity index (χ1v) is 9.34. The van der Waals surface area contributed by atoms with Crippen LogP contribution in [0, 0.1) is 11.7 Å². The maximum Gasteiger partial charge on any atom is 0.223 e. The molecule has 1 aromatic carbocycles. The summed E-state index contributed by atoms with van der Waals surface area (Å²) in [7, 11) is 0. The molecule has 1 N–H and O–H groups in total. The van der Waals surface area contributed by atoms with Crippen molar-refractivity contribution in [3.63, 3.8) is 0 Å². The number of hydrogen-bond acceptors (Lipinski definition) is 5. The number of aromatic nitrogens is 2. The third kappa shape index (κ3) is 4.19. The zero-order chi connectivity index (χ0) is 19.3. The van der Waals surface area contributed by atoms with Gasteiger partial charge < -0.3 is 14.6 Å². The number of rotatable bonds is 5. The Hall–Kier alpha value is -3.22. The van der Waals surface area contributed by atoms with Crippen molar-refractivity contribution in [2.75, 3.05) is 18.0 Å². The second kappa shape index (κ2) is 8.21. The summed E-state index contributed by atoms with van der Waals surface area (Å²) >= 11 is 0. The topological polar surface area (TPSA) is 71.3 Å². The van der Waals surface area contributed by atoms with Gasteiger partial charge in [0.2, 0.25) is 5.91 Å². The monoisotopic (exact) mass is 380 g/mol. The van der Waals surface area contributed by atoms with E-state index < -0.39 is 0 Å². The number of nitrogens with zero attached hydrogens (tertiary/aromatic N) is 3. The average molecular weight is 380 g/mol. The van der Waals surface area contributed by atoms with E-state index in [9.17, 15) is 9.18 Å². The molecule has 144 valence electrons. The van der Waals surface area contributed by atoms with Crippen LogP contribution in [0.2, 0.25) is 0 Å². The molecule has 7 heteroatoms. The molecule has 1 fully saturated rings. The molecule has 1 saturated heterocycles. The van der Waals surface area contributed by atoms with Gasteiger partial charge in [-0.3, -0.25) is 4.79 Å². The molecule has 1 aliphatic heterocycles. The molecule has 3 heterocycles. The highest BCUT2D eigenvalue weighted by atomic mass is 19.1. The van der Waals surface area contributed by atoms with Crippen LogP contribution in [0.5, 0.6) is 0 Å². The normalized spacial score (nSPS) is 14.8. The van der Waals surface area contributed by atoms with E-state index in [1.54, 1.807) is 18.4 Å². The van der Waals surface area contributed by atoms with Crippen LogP contribution in [0.25, 0.3) is 11.3 Å². The van der Waals surface area contributed by atoms with E-state index in [1.807, 2.05) is 24.3 Å². The van der Waals surface area contributed by atoms with Gasteiger partial charge in [0, 0.05) is 24.6 Å². The van der Waals surface area contributed by atoms with Crippen LogP contribution in [0.3, 0.4) is 0 Å². The van der Waals surface area contributed by atoms with Crippen molar-refractivity contribution in [1.29, 1.82) is 0 Å². The number of carbonyl (C=O) groups is 1. The summed E-state index contributed by atoms with van der Waals surface area (Å²) in [6.07, 6.45) is 3.14. The van der Waals surface area contributed by atoms with Gasteiger partial charge in [-0.05, 0) is 61.4 Å². The molecule has 0 atom stereocenters. The minimum absolute atomic E-state index is 0.00217. The van der Waals surface area contributed by atoms with Crippen molar-refractivity contribution in [2.45, 2.75) is 19.4 Å². The summed E-state index contributed by atoms with van der Waals surface area (Å²) in [5, 5.41) is 11.5. The summed E-state index contributed by atoms with van der Waals surface area (Å²) in [5.74, 6) is 1.33. The molecule has 0 aliphatic carbocycles. The molecule has 6 nitrogen and oxygen atoms in total. The molecule has 0 spiro atoms. The molecule has 0 bridgehead atoms. The van der Waals surface area contributed by atoms with Crippen LogP contribution < -0.4 is 10.2 Å². The smallest absolute Gasteiger partial charge is 0.223 e. The number of anilines is 1. The van der Waals surface area contributed by atoms with Crippen LogP contribution in [0.15, 0.2) is 59.2 Å². The highest BCUT2D eigenvalue weighted by Crippen LogP contribution is 2.23. The lowest BCUT2D eigenvalue weighted by Crippen LogP contribution is -2.40. The summed E-state index contributed by atoms with van der Waals surface area (Å²) in [6.45, 7) is 1.93. The Balaban J connectivity index is 1.31. The molecule has 1 aliphatic rings. The van der Waals surface area contributed by atoms with Gasteiger partial charge in [-0.2, -0.15) is 0 Å². The average Bonchev–Trinajstić information content (AvgIpc) is 3.27. The van der Waals surface area contributed by atoms with E-state index >= 15 is 0 Å². The lowest BCUT2D eigenvalue weighted by atomic mass is 9.96. The van der Waals surface area contributed by atoms with E-state index in [-0.39, 0.29) is 17.6 Å². The highest BCUT2D eigenvalue weighted by molar-refractivity contribution is 5.78. The summed E-state index contributed by atoms with van der Waals surface area (Å²) in [6, 6.07) is 13.7. The molecular formula is C21H21FN4O2. The Labute approximate surface area is 162 Å². The zero-order valence-electron chi connectivity index (χ0n) is 15.3. The Kier molecular flexibility index (Phi) is 5.32. The lowest BCUT2D eigenvalue weighted by molar-refractivity contribution is -0.125. The lowest BCUT2D eigenvalue weighted by Gasteiger charge is -2.31. The molecule has 3 aromatic rings. The fourth-order valence-corrected chi connectivity index (χ4v) is 3.37. The Morgan fingerprint density at radius 3 is 2.54 bits per heavy atom. The molecule has 0 radical (unpaired) electrons. The first-order chi connectivity index (χ1) is 13.7. The van der Waals surface area contributed by atoms with Crippen LogP contribution in [0.1, 0.15) is 18.6 Å². The van der Waals surface area contributed by atoms with Crippen LogP contribution in [-0.2, 0) is 11.3 Å². The van der Waals surface area contributed by atoms with Gasteiger partial charge in [0.15, 0.2) is 5.82 Å². The summed E-state index contributed by atoms with van der Waals surface area (Å²) < 4.78 is 18.3. The second-order valence-electron chi connectivity index (χ2n) is 6.84. The fraction of sp³-hybridized carbons (Fsp3) is 0.286. The van der Waals surface area contributed by atoms with Crippen molar-refractivity contribution in [1.82, 2.24) is 15.5 Å².